The van der Waals surface area contributed by atoms with Crippen molar-refractivity contribution in [2.24, 2.45) is 11.8 Å². The van der Waals surface area contributed by atoms with Crippen LogP contribution in [0.2, 0.25) is 5.28 Å². The monoisotopic (exact) mass is 281 g/mol. The summed E-state index contributed by atoms with van der Waals surface area (Å²) in [7, 11) is 0. The highest BCUT2D eigenvalue weighted by Crippen LogP contribution is 2.45. The zero-order chi connectivity index (χ0) is 13.2. The number of fused-ring (bicyclic) bond motifs is 2. The zero-order valence-electron chi connectivity index (χ0n) is 11.2. The maximum atomic E-state index is 5.95. The van der Waals surface area contributed by atoms with Crippen LogP contribution in [0.3, 0.4) is 0 Å². The number of rotatable bonds is 5. The predicted molar refractivity (Wildman–Crippen MR) is 76.5 cm³/mol. The minimum atomic E-state index is 0.249. The fraction of sp³-hybridized carbons (Fsp3) is 0.769. The Labute approximate surface area is 118 Å². The van der Waals surface area contributed by atoms with Crippen molar-refractivity contribution in [1.82, 2.24) is 15.0 Å². The molecule has 104 valence electrons. The first-order chi connectivity index (χ1) is 9.24. The standard InChI is InChI=1S/C13H20ClN5/c1-2-5-15-12-17-11(14)18-13(19-12)16-10-7-8-3-4-9(10)6-8/h8-10H,2-7H2,1H3,(H2,15,16,17,18,19). The van der Waals surface area contributed by atoms with Gasteiger partial charge in [-0.2, -0.15) is 15.0 Å². The van der Waals surface area contributed by atoms with Crippen molar-refractivity contribution >= 4 is 23.5 Å². The lowest BCUT2D eigenvalue weighted by atomic mass is 9.95. The Morgan fingerprint density at radius 3 is 2.68 bits per heavy atom. The van der Waals surface area contributed by atoms with Gasteiger partial charge in [-0.3, -0.25) is 0 Å². The van der Waals surface area contributed by atoms with Crippen LogP contribution in [0, 0.1) is 11.8 Å². The van der Waals surface area contributed by atoms with Crippen LogP contribution in [0.5, 0.6) is 0 Å². The molecule has 3 rings (SSSR count). The molecule has 1 aromatic rings. The van der Waals surface area contributed by atoms with E-state index < -0.39 is 0 Å². The van der Waals surface area contributed by atoms with Crippen LogP contribution in [0.1, 0.15) is 39.0 Å². The van der Waals surface area contributed by atoms with Crippen LogP contribution >= 0.6 is 11.6 Å². The molecule has 0 spiro atoms. The molecule has 0 radical (unpaired) electrons. The van der Waals surface area contributed by atoms with E-state index in [0.29, 0.717) is 17.9 Å². The lowest BCUT2D eigenvalue weighted by Crippen LogP contribution is -2.27. The molecule has 2 bridgehead atoms. The Bertz CT molecular complexity index is 453. The number of hydrogen-bond donors (Lipinski definition) is 2. The van der Waals surface area contributed by atoms with Gasteiger partial charge in [-0.05, 0) is 49.1 Å². The van der Waals surface area contributed by atoms with Crippen molar-refractivity contribution in [3.63, 3.8) is 0 Å². The van der Waals surface area contributed by atoms with Crippen LogP contribution in [-0.4, -0.2) is 27.5 Å². The molecule has 0 saturated heterocycles. The molecular weight excluding hydrogens is 262 g/mol. The van der Waals surface area contributed by atoms with Gasteiger partial charge in [0, 0.05) is 12.6 Å². The Morgan fingerprint density at radius 1 is 1.16 bits per heavy atom. The largest absolute Gasteiger partial charge is 0.354 e. The van der Waals surface area contributed by atoms with Crippen LogP contribution in [-0.2, 0) is 0 Å². The summed E-state index contributed by atoms with van der Waals surface area (Å²) in [5, 5.41) is 6.84. The van der Waals surface area contributed by atoms with E-state index in [4.69, 9.17) is 11.6 Å². The Balaban J connectivity index is 1.68. The molecule has 2 aliphatic rings. The lowest BCUT2D eigenvalue weighted by Gasteiger charge is -2.22. The Morgan fingerprint density at radius 2 is 2.00 bits per heavy atom. The zero-order valence-corrected chi connectivity index (χ0v) is 12.0. The second-order valence-electron chi connectivity index (χ2n) is 5.60. The summed E-state index contributed by atoms with van der Waals surface area (Å²) in [6.45, 7) is 2.94. The maximum Gasteiger partial charge on any atom is 0.229 e. The third kappa shape index (κ3) is 2.91. The normalized spacial score (nSPS) is 28.6. The fourth-order valence-electron chi connectivity index (χ4n) is 3.32. The van der Waals surface area contributed by atoms with Gasteiger partial charge in [-0.15, -0.1) is 0 Å². The predicted octanol–water partition coefficient (Wildman–Crippen LogP) is 2.95. The van der Waals surface area contributed by atoms with Crippen LogP contribution in [0.25, 0.3) is 0 Å². The van der Waals surface area contributed by atoms with Gasteiger partial charge in [0.05, 0.1) is 0 Å². The molecule has 2 saturated carbocycles. The average molecular weight is 282 g/mol. The second kappa shape index (κ2) is 5.49. The van der Waals surface area contributed by atoms with Gasteiger partial charge < -0.3 is 10.6 Å². The van der Waals surface area contributed by atoms with Gasteiger partial charge in [-0.25, -0.2) is 0 Å². The summed E-state index contributed by atoms with van der Waals surface area (Å²) in [6.07, 6.45) is 6.35. The van der Waals surface area contributed by atoms with Gasteiger partial charge in [0.1, 0.15) is 0 Å². The van der Waals surface area contributed by atoms with Crippen molar-refractivity contribution in [3.8, 4) is 0 Å². The molecule has 19 heavy (non-hydrogen) atoms. The molecule has 0 amide bonds. The van der Waals surface area contributed by atoms with Crippen LogP contribution < -0.4 is 10.6 Å². The van der Waals surface area contributed by atoms with E-state index in [2.05, 4.69) is 32.5 Å². The molecular formula is C13H20ClN5. The Hall–Kier alpha value is -1.10. The number of nitrogens with one attached hydrogen (secondary N) is 2. The highest BCUT2D eigenvalue weighted by molar-refractivity contribution is 6.28. The summed E-state index contributed by atoms with van der Waals surface area (Å²) < 4.78 is 0. The number of anilines is 2. The molecule has 2 N–H and O–H groups in total. The molecule has 1 heterocycles. The molecule has 2 fully saturated rings. The van der Waals surface area contributed by atoms with Gasteiger partial charge in [0.15, 0.2) is 0 Å². The topological polar surface area (TPSA) is 62.7 Å². The van der Waals surface area contributed by atoms with Gasteiger partial charge >= 0.3 is 0 Å². The van der Waals surface area contributed by atoms with Crippen molar-refractivity contribution in [1.29, 1.82) is 0 Å². The fourth-order valence-corrected chi connectivity index (χ4v) is 3.48. The highest BCUT2D eigenvalue weighted by Gasteiger charge is 2.39. The average Bonchev–Trinajstić information content (AvgIpc) is 2.98. The Kier molecular flexibility index (Phi) is 3.73. The maximum absolute atomic E-state index is 5.95. The number of aromatic nitrogens is 3. The summed E-state index contributed by atoms with van der Waals surface area (Å²) in [4.78, 5) is 12.7. The van der Waals surface area contributed by atoms with E-state index >= 15 is 0 Å². The molecule has 0 aliphatic heterocycles. The SMILES string of the molecule is CCCNc1nc(Cl)nc(NC2CC3CCC2C3)n1. The second-order valence-corrected chi connectivity index (χ2v) is 5.94. The van der Waals surface area contributed by atoms with Crippen molar-refractivity contribution in [2.75, 3.05) is 17.2 Å². The van der Waals surface area contributed by atoms with Crippen molar-refractivity contribution in [3.05, 3.63) is 5.28 Å². The molecule has 5 nitrogen and oxygen atoms in total. The minimum absolute atomic E-state index is 0.249. The van der Waals surface area contributed by atoms with E-state index in [0.717, 1.165) is 24.8 Å². The van der Waals surface area contributed by atoms with Crippen molar-refractivity contribution in [2.45, 2.75) is 45.1 Å². The molecule has 3 unspecified atom stereocenters. The molecule has 3 atom stereocenters. The van der Waals surface area contributed by atoms with Crippen LogP contribution in [0.15, 0.2) is 0 Å². The first-order valence-electron chi connectivity index (χ1n) is 7.16. The third-order valence-electron chi connectivity index (χ3n) is 4.19. The summed E-state index contributed by atoms with van der Waals surface area (Å²) in [5.74, 6) is 2.86. The number of hydrogen-bond acceptors (Lipinski definition) is 5. The van der Waals surface area contributed by atoms with Gasteiger partial charge in [0.2, 0.25) is 17.2 Å². The first kappa shape index (κ1) is 12.9. The van der Waals surface area contributed by atoms with E-state index in [-0.39, 0.29) is 5.28 Å². The third-order valence-corrected chi connectivity index (χ3v) is 4.36. The molecule has 2 aliphatic carbocycles. The van der Waals surface area contributed by atoms with Gasteiger partial charge in [-0.1, -0.05) is 13.3 Å². The quantitative estimate of drug-likeness (QED) is 0.869. The van der Waals surface area contributed by atoms with E-state index in [1.54, 1.807) is 0 Å². The number of nitrogens with zero attached hydrogens (tertiary/aromatic N) is 3. The summed E-state index contributed by atoms with van der Waals surface area (Å²) >= 11 is 5.95. The summed E-state index contributed by atoms with van der Waals surface area (Å²) in [5.41, 5.74) is 0. The van der Waals surface area contributed by atoms with Crippen LogP contribution in [0.4, 0.5) is 11.9 Å². The molecule has 0 aromatic carbocycles. The highest BCUT2D eigenvalue weighted by atomic mass is 35.5. The molecule has 1 aromatic heterocycles. The smallest absolute Gasteiger partial charge is 0.229 e. The molecule has 6 heteroatoms. The lowest BCUT2D eigenvalue weighted by molar-refractivity contribution is 0.438. The van der Waals surface area contributed by atoms with E-state index in [1.807, 2.05) is 0 Å². The first-order valence-corrected chi connectivity index (χ1v) is 7.54. The number of halogens is 1. The summed E-state index contributed by atoms with van der Waals surface area (Å²) in [6, 6.07) is 0.510. The van der Waals surface area contributed by atoms with E-state index in [1.165, 1.54) is 25.7 Å². The van der Waals surface area contributed by atoms with Crippen molar-refractivity contribution < 1.29 is 0 Å². The minimum Gasteiger partial charge on any atom is -0.354 e. The van der Waals surface area contributed by atoms with E-state index in [9.17, 15) is 0 Å². The van der Waals surface area contributed by atoms with Gasteiger partial charge in [0.25, 0.3) is 0 Å².